The fourth-order valence-electron chi connectivity index (χ4n) is 2.84. The minimum Gasteiger partial charge on any atom is -0.327 e. The van der Waals surface area contributed by atoms with Crippen LogP contribution in [0.3, 0.4) is 0 Å². The van der Waals surface area contributed by atoms with E-state index >= 15 is 0 Å². The minimum absolute atomic E-state index is 0.430. The van der Waals surface area contributed by atoms with E-state index in [9.17, 15) is 0 Å². The number of nitrogens with two attached hydrogens (primary N) is 1. The van der Waals surface area contributed by atoms with Crippen LogP contribution in [-0.2, 0) is 0 Å². The molecule has 1 fully saturated rings. The highest BCUT2D eigenvalue weighted by Gasteiger charge is 2.37. The Bertz CT molecular complexity index is 339. The van der Waals surface area contributed by atoms with E-state index in [1.807, 2.05) is 0 Å². The molecule has 1 aromatic carbocycles. The first-order valence-electron chi connectivity index (χ1n) is 6.49. The van der Waals surface area contributed by atoms with Crippen molar-refractivity contribution in [3.8, 4) is 0 Å². The van der Waals surface area contributed by atoms with Crippen LogP contribution in [-0.4, -0.2) is 6.04 Å². The Balaban J connectivity index is 2.11. The molecule has 2 N–H and O–H groups in total. The molecular weight excluding hydrogens is 194 g/mol. The van der Waals surface area contributed by atoms with Crippen LogP contribution in [0.2, 0.25) is 0 Å². The highest BCUT2D eigenvalue weighted by molar-refractivity contribution is 5.29. The van der Waals surface area contributed by atoms with Crippen LogP contribution in [0.15, 0.2) is 24.3 Å². The van der Waals surface area contributed by atoms with Crippen LogP contribution in [0.25, 0.3) is 0 Å². The van der Waals surface area contributed by atoms with E-state index in [0.717, 1.165) is 0 Å². The maximum Gasteiger partial charge on any atom is 0.00788 e. The molecule has 0 spiro atoms. The van der Waals surface area contributed by atoms with Crippen molar-refractivity contribution in [1.82, 2.24) is 0 Å². The van der Waals surface area contributed by atoms with Crippen molar-refractivity contribution in [2.45, 2.75) is 51.5 Å². The molecule has 88 valence electrons. The maximum absolute atomic E-state index is 6.04. The van der Waals surface area contributed by atoms with Crippen molar-refractivity contribution < 1.29 is 0 Å². The van der Waals surface area contributed by atoms with Gasteiger partial charge in [0, 0.05) is 6.04 Å². The number of hydrogen-bond acceptors (Lipinski definition) is 1. The lowest BCUT2D eigenvalue weighted by molar-refractivity contribution is 0.198. The lowest BCUT2D eigenvalue weighted by Crippen LogP contribution is -2.45. The molecule has 1 saturated carbocycles. The van der Waals surface area contributed by atoms with E-state index in [-0.39, 0.29) is 0 Å². The van der Waals surface area contributed by atoms with Gasteiger partial charge in [-0.3, -0.25) is 0 Å². The third-order valence-corrected chi connectivity index (χ3v) is 4.10. The fraction of sp³-hybridized carbons (Fsp3) is 0.600. The Labute approximate surface area is 99.0 Å². The van der Waals surface area contributed by atoms with Gasteiger partial charge < -0.3 is 5.73 Å². The molecule has 0 radical (unpaired) electrons. The predicted octanol–water partition coefficient (Wildman–Crippen LogP) is 3.65. The first-order valence-corrected chi connectivity index (χ1v) is 6.49. The molecule has 3 unspecified atom stereocenters. The average molecular weight is 217 g/mol. The normalized spacial score (nSPS) is 29.2. The molecule has 1 nitrogen and oxygen atoms in total. The summed E-state index contributed by atoms with van der Waals surface area (Å²) in [5.41, 5.74) is 8.95. The Morgan fingerprint density at radius 2 is 1.88 bits per heavy atom. The molecule has 16 heavy (non-hydrogen) atoms. The summed E-state index contributed by atoms with van der Waals surface area (Å²) in [4.78, 5) is 0. The van der Waals surface area contributed by atoms with E-state index in [1.165, 1.54) is 24.0 Å². The van der Waals surface area contributed by atoms with Crippen LogP contribution < -0.4 is 5.73 Å². The summed E-state index contributed by atoms with van der Waals surface area (Å²) in [6, 6.07) is 9.58. The van der Waals surface area contributed by atoms with Gasteiger partial charge in [-0.1, -0.05) is 51.5 Å². The molecule has 0 amide bonds. The standard InChI is InChI=1S/C15H23N/c1-4-13-14(9-15(13)16)12-7-5-11(6-8-12)10(2)3/h5-8,10,13-15H,4,9,16H2,1-3H3. The Hall–Kier alpha value is -0.820. The van der Waals surface area contributed by atoms with E-state index in [1.54, 1.807) is 0 Å². The number of rotatable bonds is 3. The smallest absolute Gasteiger partial charge is 0.00788 e. The van der Waals surface area contributed by atoms with Crippen molar-refractivity contribution in [2.75, 3.05) is 0 Å². The Morgan fingerprint density at radius 3 is 2.31 bits per heavy atom. The zero-order valence-electron chi connectivity index (χ0n) is 10.6. The molecule has 2 rings (SSSR count). The van der Waals surface area contributed by atoms with Crippen molar-refractivity contribution in [3.05, 3.63) is 35.4 Å². The molecule has 1 aliphatic rings. The highest BCUT2D eigenvalue weighted by atomic mass is 14.7. The molecule has 0 bridgehead atoms. The van der Waals surface area contributed by atoms with E-state index < -0.39 is 0 Å². The van der Waals surface area contributed by atoms with E-state index in [2.05, 4.69) is 45.0 Å². The summed E-state index contributed by atoms with van der Waals surface area (Å²) < 4.78 is 0. The highest BCUT2D eigenvalue weighted by Crippen LogP contribution is 2.43. The Morgan fingerprint density at radius 1 is 1.25 bits per heavy atom. The molecule has 0 aliphatic heterocycles. The number of benzene rings is 1. The van der Waals surface area contributed by atoms with Gasteiger partial charge >= 0.3 is 0 Å². The first-order chi connectivity index (χ1) is 7.63. The quantitative estimate of drug-likeness (QED) is 0.821. The summed E-state index contributed by atoms with van der Waals surface area (Å²) in [5, 5.41) is 0. The second kappa shape index (κ2) is 4.58. The van der Waals surface area contributed by atoms with E-state index in [4.69, 9.17) is 5.73 Å². The molecule has 0 aromatic heterocycles. The summed E-state index contributed by atoms with van der Waals surface area (Å²) >= 11 is 0. The third kappa shape index (κ3) is 2.01. The Kier molecular flexibility index (Phi) is 3.34. The molecule has 3 atom stereocenters. The van der Waals surface area contributed by atoms with E-state index in [0.29, 0.717) is 23.8 Å². The van der Waals surface area contributed by atoms with Crippen LogP contribution in [0.4, 0.5) is 0 Å². The number of hydrogen-bond donors (Lipinski definition) is 1. The minimum atomic E-state index is 0.430. The van der Waals surface area contributed by atoms with Crippen LogP contribution in [0, 0.1) is 5.92 Å². The van der Waals surface area contributed by atoms with Crippen molar-refractivity contribution in [1.29, 1.82) is 0 Å². The average Bonchev–Trinajstić information content (AvgIpc) is 2.26. The van der Waals surface area contributed by atoms with Crippen LogP contribution in [0.5, 0.6) is 0 Å². The van der Waals surface area contributed by atoms with Crippen LogP contribution >= 0.6 is 0 Å². The van der Waals surface area contributed by atoms with Gasteiger partial charge in [0.2, 0.25) is 0 Å². The van der Waals surface area contributed by atoms with Crippen LogP contribution in [0.1, 0.15) is 56.6 Å². The van der Waals surface area contributed by atoms with Gasteiger partial charge in [0.15, 0.2) is 0 Å². The SMILES string of the molecule is CCC1C(N)CC1c1ccc(C(C)C)cc1. The second-order valence-electron chi connectivity index (χ2n) is 5.40. The summed E-state index contributed by atoms with van der Waals surface area (Å²) in [5.74, 6) is 2.03. The molecular formula is C15H23N. The zero-order chi connectivity index (χ0) is 11.7. The molecule has 0 heterocycles. The van der Waals surface area contributed by atoms with Gasteiger partial charge in [-0.2, -0.15) is 0 Å². The monoisotopic (exact) mass is 217 g/mol. The second-order valence-corrected chi connectivity index (χ2v) is 5.40. The van der Waals surface area contributed by atoms with Gasteiger partial charge in [-0.05, 0) is 35.3 Å². The molecule has 1 aliphatic carbocycles. The zero-order valence-corrected chi connectivity index (χ0v) is 10.6. The predicted molar refractivity (Wildman–Crippen MR) is 69.6 cm³/mol. The largest absolute Gasteiger partial charge is 0.327 e. The molecule has 1 aromatic rings. The van der Waals surface area contributed by atoms with Crippen molar-refractivity contribution in [3.63, 3.8) is 0 Å². The first kappa shape index (κ1) is 11.7. The van der Waals surface area contributed by atoms with Gasteiger partial charge in [0.1, 0.15) is 0 Å². The van der Waals surface area contributed by atoms with Gasteiger partial charge in [0.25, 0.3) is 0 Å². The topological polar surface area (TPSA) is 26.0 Å². The maximum atomic E-state index is 6.04. The van der Waals surface area contributed by atoms with Crippen molar-refractivity contribution in [2.24, 2.45) is 11.7 Å². The molecule has 1 heteroatoms. The van der Waals surface area contributed by atoms with Gasteiger partial charge in [-0.15, -0.1) is 0 Å². The summed E-state index contributed by atoms with van der Waals surface area (Å²) in [6.07, 6.45) is 2.37. The lowest BCUT2D eigenvalue weighted by Gasteiger charge is -2.42. The van der Waals surface area contributed by atoms with Gasteiger partial charge in [-0.25, -0.2) is 0 Å². The summed E-state index contributed by atoms with van der Waals surface area (Å²) in [6.45, 7) is 6.73. The molecule has 0 saturated heterocycles. The van der Waals surface area contributed by atoms with Gasteiger partial charge in [0.05, 0.1) is 0 Å². The third-order valence-electron chi connectivity index (χ3n) is 4.10. The summed E-state index contributed by atoms with van der Waals surface area (Å²) in [7, 11) is 0. The fourth-order valence-corrected chi connectivity index (χ4v) is 2.84. The lowest BCUT2D eigenvalue weighted by atomic mass is 9.65. The van der Waals surface area contributed by atoms with Crippen molar-refractivity contribution >= 4 is 0 Å².